The molecule has 1 N–H and O–H groups in total. The molecule has 2 nitrogen and oxygen atoms in total. The Morgan fingerprint density at radius 1 is 1.45 bits per heavy atom. The second-order valence-electron chi connectivity index (χ2n) is 4.47. The minimum absolute atomic E-state index is 0.226. The molecule has 1 heterocycles. The molecule has 0 aromatic heterocycles. The van der Waals surface area contributed by atoms with Gasteiger partial charge in [-0.25, -0.2) is 0 Å². The summed E-state index contributed by atoms with van der Waals surface area (Å²) in [7, 11) is 0. The molecule has 2 atom stereocenters. The molecule has 1 aliphatic heterocycles. The Hall–Kier alpha value is -0.0800. The van der Waals surface area contributed by atoms with Gasteiger partial charge in [0, 0.05) is 12.5 Å². The number of ether oxygens (including phenoxy) is 1. The van der Waals surface area contributed by atoms with Gasteiger partial charge in [0.25, 0.3) is 0 Å². The number of hydrogen-bond acceptors (Lipinski definition) is 2. The highest BCUT2D eigenvalue weighted by Crippen LogP contribution is 2.32. The molecule has 0 aliphatic carbocycles. The first-order chi connectivity index (χ1) is 5.04. The molecule has 0 aromatic rings. The molecule has 0 radical (unpaired) electrons. The van der Waals surface area contributed by atoms with Gasteiger partial charge in [0.15, 0.2) is 0 Å². The van der Waals surface area contributed by atoms with E-state index in [1.807, 2.05) is 0 Å². The summed E-state index contributed by atoms with van der Waals surface area (Å²) in [5.41, 5.74) is 0.226. The maximum Gasteiger partial charge on any atom is 0.0627 e. The highest BCUT2D eigenvalue weighted by Gasteiger charge is 2.33. The van der Waals surface area contributed by atoms with Gasteiger partial charge in [0.1, 0.15) is 0 Å². The van der Waals surface area contributed by atoms with E-state index < -0.39 is 0 Å². The normalized spacial score (nSPS) is 32.7. The fourth-order valence-corrected chi connectivity index (χ4v) is 1.42. The van der Waals surface area contributed by atoms with Gasteiger partial charge in [-0.1, -0.05) is 20.8 Å². The smallest absolute Gasteiger partial charge is 0.0627 e. The van der Waals surface area contributed by atoms with E-state index in [-0.39, 0.29) is 12.0 Å². The molecular weight excluding hydrogens is 140 g/mol. The molecule has 0 aromatic carbocycles. The lowest BCUT2D eigenvalue weighted by Gasteiger charge is -2.25. The van der Waals surface area contributed by atoms with Crippen molar-refractivity contribution in [2.45, 2.75) is 33.3 Å². The van der Waals surface area contributed by atoms with E-state index in [9.17, 15) is 0 Å². The predicted molar refractivity (Wildman–Crippen MR) is 44.4 cm³/mol. The minimum atomic E-state index is 0.226. The Kier molecular flexibility index (Phi) is 2.55. The summed E-state index contributed by atoms with van der Waals surface area (Å²) < 4.78 is 5.56. The molecule has 1 saturated heterocycles. The van der Waals surface area contributed by atoms with Crippen LogP contribution < -0.4 is 0 Å². The van der Waals surface area contributed by atoms with E-state index >= 15 is 0 Å². The van der Waals surface area contributed by atoms with Crippen LogP contribution in [0.15, 0.2) is 0 Å². The fraction of sp³-hybridized carbons (Fsp3) is 1.00. The molecule has 0 saturated carbocycles. The molecule has 0 amide bonds. The van der Waals surface area contributed by atoms with Gasteiger partial charge in [-0.05, 0) is 11.8 Å². The van der Waals surface area contributed by atoms with Gasteiger partial charge in [-0.15, -0.1) is 0 Å². The van der Waals surface area contributed by atoms with E-state index in [0.29, 0.717) is 12.0 Å². The maximum absolute atomic E-state index is 8.87. The van der Waals surface area contributed by atoms with E-state index in [0.717, 1.165) is 13.0 Å². The zero-order chi connectivity index (χ0) is 8.48. The lowest BCUT2D eigenvalue weighted by molar-refractivity contribution is 0.0268. The second-order valence-corrected chi connectivity index (χ2v) is 4.47. The van der Waals surface area contributed by atoms with Crippen molar-refractivity contribution in [3.8, 4) is 0 Å². The van der Waals surface area contributed by atoms with Crippen molar-refractivity contribution in [2.24, 2.45) is 11.3 Å². The summed E-state index contributed by atoms with van der Waals surface area (Å²) in [6, 6.07) is 0. The van der Waals surface area contributed by atoms with Crippen LogP contribution in [0.3, 0.4) is 0 Å². The van der Waals surface area contributed by atoms with Crippen molar-refractivity contribution in [1.29, 1.82) is 0 Å². The van der Waals surface area contributed by atoms with Crippen LogP contribution >= 0.6 is 0 Å². The van der Waals surface area contributed by atoms with Crippen molar-refractivity contribution in [1.82, 2.24) is 0 Å². The Morgan fingerprint density at radius 2 is 2.09 bits per heavy atom. The largest absolute Gasteiger partial charge is 0.396 e. The second kappa shape index (κ2) is 3.11. The highest BCUT2D eigenvalue weighted by atomic mass is 16.5. The number of aliphatic hydroxyl groups is 1. The first kappa shape index (κ1) is 9.01. The van der Waals surface area contributed by atoms with Gasteiger partial charge in [0.2, 0.25) is 0 Å². The van der Waals surface area contributed by atoms with E-state index in [4.69, 9.17) is 9.84 Å². The summed E-state index contributed by atoms with van der Waals surface area (Å²) in [6.07, 6.45) is 1.35. The van der Waals surface area contributed by atoms with Crippen molar-refractivity contribution >= 4 is 0 Å². The van der Waals surface area contributed by atoms with Crippen LogP contribution in [0.4, 0.5) is 0 Å². The Bertz CT molecular complexity index is 126. The summed E-state index contributed by atoms with van der Waals surface area (Å²) in [5.74, 6) is 0.374. The zero-order valence-electron chi connectivity index (χ0n) is 7.63. The lowest BCUT2D eigenvalue weighted by Crippen LogP contribution is -2.25. The molecule has 11 heavy (non-hydrogen) atoms. The quantitative estimate of drug-likeness (QED) is 0.625. The van der Waals surface area contributed by atoms with E-state index in [2.05, 4.69) is 20.8 Å². The Morgan fingerprint density at radius 3 is 2.36 bits per heavy atom. The summed E-state index contributed by atoms with van der Waals surface area (Å²) in [4.78, 5) is 0. The average Bonchev–Trinajstić information content (AvgIpc) is 2.32. The standard InChI is InChI=1S/C9H18O2/c1-9(2,3)8-4-7(5-10)6-11-8/h7-8,10H,4-6H2,1-3H3. The Balaban J connectivity index is 2.42. The van der Waals surface area contributed by atoms with Crippen LogP contribution in [-0.4, -0.2) is 24.4 Å². The third-order valence-electron chi connectivity index (χ3n) is 2.30. The minimum Gasteiger partial charge on any atom is -0.396 e. The summed E-state index contributed by atoms with van der Waals surface area (Å²) in [5, 5.41) is 8.87. The van der Waals surface area contributed by atoms with Gasteiger partial charge < -0.3 is 9.84 Å². The number of rotatable bonds is 1. The topological polar surface area (TPSA) is 29.5 Å². The average molecular weight is 158 g/mol. The van der Waals surface area contributed by atoms with Crippen LogP contribution in [0, 0.1) is 11.3 Å². The third-order valence-corrected chi connectivity index (χ3v) is 2.30. The third kappa shape index (κ3) is 2.17. The highest BCUT2D eigenvalue weighted by molar-refractivity contribution is 4.82. The Labute approximate surface area is 68.6 Å². The van der Waals surface area contributed by atoms with Crippen molar-refractivity contribution in [3.05, 3.63) is 0 Å². The molecule has 1 aliphatic rings. The van der Waals surface area contributed by atoms with Crippen LogP contribution in [-0.2, 0) is 4.74 Å². The molecular formula is C9H18O2. The first-order valence-electron chi connectivity index (χ1n) is 4.26. The zero-order valence-corrected chi connectivity index (χ0v) is 7.63. The molecule has 1 fully saturated rings. The van der Waals surface area contributed by atoms with Crippen molar-refractivity contribution < 1.29 is 9.84 Å². The first-order valence-corrected chi connectivity index (χ1v) is 4.26. The monoisotopic (exact) mass is 158 g/mol. The van der Waals surface area contributed by atoms with Gasteiger partial charge in [-0.3, -0.25) is 0 Å². The van der Waals surface area contributed by atoms with Gasteiger partial charge in [-0.2, -0.15) is 0 Å². The molecule has 2 heteroatoms. The van der Waals surface area contributed by atoms with Gasteiger partial charge in [0.05, 0.1) is 12.7 Å². The SMILES string of the molecule is CC(C)(C)C1CC(CO)CO1. The summed E-state index contributed by atoms with van der Waals surface area (Å²) >= 11 is 0. The molecule has 66 valence electrons. The molecule has 0 bridgehead atoms. The van der Waals surface area contributed by atoms with Crippen LogP contribution in [0.1, 0.15) is 27.2 Å². The lowest BCUT2D eigenvalue weighted by atomic mass is 9.86. The number of aliphatic hydroxyl groups excluding tert-OH is 1. The van der Waals surface area contributed by atoms with E-state index in [1.54, 1.807) is 0 Å². The predicted octanol–water partition coefficient (Wildman–Crippen LogP) is 1.43. The van der Waals surface area contributed by atoms with Gasteiger partial charge >= 0.3 is 0 Å². The van der Waals surface area contributed by atoms with Crippen LogP contribution in [0.2, 0.25) is 0 Å². The van der Waals surface area contributed by atoms with Crippen LogP contribution in [0.5, 0.6) is 0 Å². The molecule has 2 unspecified atom stereocenters. The number of hydrogen-bond donors (Lipinski definition) is 1. The van der Waals surface area contributed by atoms with Crippen LogP contribution in [0.25, 0.3) is 0 Å². The fourth-order valence-electron chi connectivity index (χ4n) is 1.42. The molecule has 1 rings (SSSR count). The maximum atomic E-state index is 8.87. The molecule has 0 spiro atoms. The van der Waals surface area contributed by atoms with Crippen molar-refractivity contribution in [2.75, 3.05) is 13.2 Å². The summed E-state index contributed by atoms with van der Waals surface area (Å²) in [6.45, 7) is 7.54. The van der Waals surface area contributed by atoms with E-state index in [1.165, 1.54) is 0 Å². The van der Waals surface area contributed by atoms with Crippen molar-refractivity contribution in [3.63, 3.8) is 0 Å².